The highest BCUT2D eigenvalue weighted by Gasteiger charge is 2.47. The average molecular weight is 1950 g/mol. The summed E-state index contributed by atoms with van der Waals surface area (Å²) in [5, 5.41) is 65.0. The molecule has 0 spiro atoms. The van der Waals surface area contributed by atoms with Crippen LogP contribution in [0.1, 0.15) is 311 Å². The number of aliphatic hydroxyl groups excluding tert-OH is 1. The van der Waals surface area contributed by atoms with Crippen molar-refractivity contribution >= 4 is 116 Å². The fourth-order valence-electron chi connectivity index (χ4n) is 16.5. The highest BCUT2D eigenvalue weighted by Crippen LogP contribution is 2.47. The van der Waals surface area contributed by atoms with Crippen LogP contribution in [0.5, 0.6) is 0 Å². The van der Waals surface area contributed by atoms with E-state index in [4.69, 9.17) is 0 Å². The third-order valence-electron chi connectivity index (χ3n) is 25.6. The number of pyridine rings is 4. The molecule has 738 valence electrons. The number of carbonyl (C=O) groups is 8. The molecule has 136 heavy (non-hydrogen) atoms. The minimum Gasteiger partial charge on any atom is -0.391 e. The van der Waals surface area contributed by atoms with Crippen LogP contribution in [0.25, 0.3) is 41.8 Å². The van der Waals surface area contributed by atoms with Crippen molar-refractivity contribution in [3.05, 3.63) is 114 Å². The molecular formula is C98H136F2N20O12S4. The van der Waals surface area contributed by atoms with Gasteiger partial charge < -0.3 is 82.6 Å². The second-order valence-electron chi connectivity index (χ2n) is 40.8. The Morgan fingerprint density at radius 1 is 0.456 bits per heavy atom. The van der Waals surface area contributed by atoms with Crippen molar-refractivity contribution in [3.8, 4) is 41.8 Å². The van der Waals surface area contributed by atoms with Gasteiger partial charge >= 0.3 is 0 Å². The second kappa shape index (κ2) is 43.4. The maximum atomic E-state index is 14.0. The highest BCUT2D eigenvalue weighted by molar-refractivity contribution is 7.18. The number of aliphatic hydroxyl groups is 4. The Bertz CT molecular complexity index is 5670. The third-order valence-corrected chi connectivity index (χ3v) is 30.0. The quantitative estimate of drug-likeness (QED) is 0.0199. The first-order chi connectivity index (χ1) is 63.9. The Labute approximate surface area is 811 Å². The normalized spacial score (nSPS) is 19.9. The van der Waals surface area contributed by atoms with E-state index in [2.05, 4.69) is 110 Å². The molecule has 0 bridgehead atoms. The number of amides is 8. The topological polar surface area (TPSA) is 430 Å². The van der Waals surface area contributed by atoms with Crippen LogP contribution in [0.2, 0.25) is 0 Å². The SMILES string of the molecule is CC[C@H](C)Nc1cc(C)c(-c2sc(C(=O)NCC(C)(C)O)nc2C(=O)N2CCC[C@@H]2C)cn1.Cc1cc(NC(C)C)ncc1-c1sc(C(=O)N[C@@H]2CCC[C@H]2O)nc1C(=O)N1CCC[C@@H]1C.Cc1cc(NCC2(C)CC2)ncc1-c1sc(C(=O)NCC(C)(C)O)nc1C(=O)N1CC(F)(F)C[C@@H]1C.Cc1cc(NCC2(C)CC2)ncc1-c1sc(C(=O)NCC(C)(C)O)nc1C(=O)N1CCC[C@@H]1C. The molecule has 7 aliphatic rings. The fraction of sp³-hybridized carbons (Fsp3) is 0.592. The zero-order valence-electron chi connectivity index (χ0n) is 82.0. The van der Waals surface area contributed by atoms with Gasteiger partial charge in [0, 0.05) is 142 Å². The summed E-state index contributed by atoms with van der Waals surface area (Å²) in [6.45, 7) is 41.1. The molecule has 32 nitrogen and oxygen atoms in total. The van der Waals surface area contributed by atoms with Gasteiger partial charge in [-0.15, -0.1) is 45.3 Å². The van der Waals surface area contributed by atoms with Crippen molar-refractivity contribution in [1.82, 2.24) is 80.7 Å². The zero-order valence-corrected chi connectivity index (χ0v) is 85.3. The number of halogens is 2. The molecule has 12 N–H and O–H groups in total. The third kappa shape index (κ3) is 27.2. The number of carbonyl (C=O) groups excluding carboxylic acids is 8. The van der Waals surface area contributed by atoms with Crippen LogP contribution >= 0.6 is 45.3 Å². The van der Waals surface area contributed by atoms with Crippen LogP contribution in [-0.2, 0) is 0 Å². The molecule has 7 fully saturated rings. The molecule has 8 amide bonds. The Morgan fingerprint density at radius 3 is 1.04 bits per heavy atom. The first kappa shape index (κ1) is 105. The Hall–Kier alpha value is -10.2. The Balaban J connectivity index is 0.000000163. The monoisotopic (exact) mass is 1950 g/mol. The van der Waals surface area contributed by atoms with Crippen molar-refractivity contribution in [2.24, 2.45) is 10.8 Å². The van der Waals surface area contributed by atoms with E-state index in [1.807, 2.05) is 101 Å². The van der Waals surface area contributed by atoms with E-state index in [1.54, 1.807) is 73.3 Å². The second-order valence-corrected chi connectivity index (χ2v) is 44.8. The average Bonchev–Trinajstić information content (AvgIpc) is 1.63. The number of alkyl halides is 2. The lowest BCUT2D eigenvalue weighted by molar-refractivity contribution is 0.0117. The van der Waals surface area contributed by atoms with E-state index >= 15 is 0 Å². The van der Waals surface area contributed by atoms with Crippen molar-refractivity contribution in [1.29, 1.82) is 0 Å². The molecule has 0 unspecified atom stereocenters. The standard InChI is InChI=1S/C25H33F2N5O3S.C25H35N5O3S.C24H33N5O3S.C24H35N5O3S/c1-14-8-17(29-12-24(5)6-7-24)28-10-16(14)19-18(22(34)32-13-25(26,27)9-15(32)2)31-21(36-19)20(33)30-11-23(3,4)35;1-15-11-18(27-14-25(5)8-9-25)26-12-17(15)20-19(23(32)30-10-6-7-16(30)2)29-22(34-20)21(31)28-13-24(3,4)33;1-13(2)26-19-11-14(3)16(12-25-19)21-20(24(32)29-10-6-7-15(29)4)28-23(33-21)22(31)27-17-8-5-9-18(17)30;1-7-15(3)27-18-11-14(2)17(12-25-18)20-19(23(31)29-10-8-9-16(29)4)28-22(33-20)21(30)26-13-24(5,6)32/h8,10,15,35H,6-7,9,11-13H2,1-5H3,(H,28,29)(H,30,33);11-12,16,33H,6-10,13-14H2,1-5H3,(H,26,27)(H,28,31);11-13,15,17-18,30H,5-10H2,1-4H3,(H,25,26)(H,27,31);11-12,15-16,32H,7-10,13H2,1-6H3,(H,25,27)(H,26,30)/t15-;16-;15-,17+,18+;15-,16-/m0000/s1. The molecule has 3 aliphatic carbocycles. The molecule has 8 aromatic rings. The van der Waals surface area contributed by atoms with Crippen molar-refractivity contribution in [3.63, 3.8) is 0 Å². The van der Waals surface area contributed by atoms with Gasteiger partial charge in [-0.2, -0.15) is 0 Å². The summed E-state index contributed by atoms with van der Waals surface area (Å²) in [6.07, 6.45) is 19.8. The number of likely N-dealkylation sites (tertiary alicyclic amines) is 4. The molecule has 0 aromatic carbocycles. The molecule has 15 rings (SSSR count). The summed E-state index contributed by atoms with van der Waals surface area (Å²) in [6, 6.07) is 7.82. The van der Waals surface area contributed by atoms with Gasteiger partial charge in [-0.1, -0.05) is 20.8 Å². The van der Waals surface area contributed by atoms with E-state index < -0.39 is 71.5 Å². The molecule has 4 aliphatic heterocycles. The molecule has 7 atom stereocenters. The number of nitrogens with zero attached hydrogens (tertiary/aromatic N) is 12. The summed E-state index contributed by atoms with van der Waals surface area (Å²) in [5.41, 5.74) is 4.98. The van der Waals surface area contributed by atoms with Gasteiger partial charge in [0.05, 0.1) is 55.0 Å². The minimum absolute atomic E-state index is 0.0134. The maximum absolute atomic E-state index is 14.0. The molecule has 38 heteroatoms. The smallest absolute Gasteiger partial charge is 0.280 e. The molecule has 12 heterocycles. The van der Waals surface area contributed by atoms with Gasteiger partial charge in [0.1, 0.15) is 46.0 Å². The lowest BCUT2D eigenvalue weighted by Gasteiger charge is -2.21. The predicted molar refractivity (Wildman–Crippen MR) is 530 cm³/mol. The van der Waals surface area contributed by atoms with Crippen LogP contribution in [0.15, 0.2) is 49.1 Å². The minimum atomic E-state index is -2.97. The summed E-state index contributed by atoms with van der Waals surface area (Å²) in [5.74, 6) is -2.71. The van der Waals surface area contributed by atoms with Crippen LogP contribution in [0.4, 0.5) is 32.1 Å². The predicted octanol–water partition coefficient (Wildman–Crippen LogP) is 15.4. The summed E-state index contributed by atoms with van der Waals surface area (Å²) in [4.78, 5) is 150. The van der Waals surface area contributed by atoms with Gasteiger partial charge in [-0.25, -0.2) is 48.7 Å². The van der Waals surface area contributed by atoms with E-state index in [0.29, 0.717) is 85.2 Å². The van der Waals surface area contributed by atoms with E-state index in [9.17, 15) is 67.6 Å². The van der Waals surface area contributed by atoms with Crippen LogP contribution < -0.4 is 42.5 Å². The van der Waals surface area contributed by atoms with Gasteiger partial charge in [-0.3, -0.25) is 38.4 Å². The number of anilines is 4. The van der Waals surface area contributed by atoms with E-state index in [1.165, 1.54) is 59.7 Å². The largest absolute Gasteiger partial charge is 0.391 e. The van der Waals surface area contributed by atoms with E-state index in [-0.39, 0.29) is 105 Å². The van der Waals surface area contributed by atoms with Crippen molar-refractivity contribution in [2.45, 2.75) is 306 Å². The van der Waals surface area contributed by atoms with Crippen molar-refractivity contribution < 1.29 is 67.6 Å². The number of nitrogens with one attached hydrogen (secondary N) is 8. The van der Waals surface area contributed by atoms with Crippen LogP contribution in [-0.4, -0.2) is 257 Å². The maximum Gasteiger partial charge on any atom is 0.280 e. The van der Waals surface area contributed by atoms with Gasteiger partial charge in [0.25, 0.3) is 53.2 Å². The van der Waals surface area contributed by atoms with Crippen LogP contribution in [0.3, 0.4) is 0 Å². The molecule has 8 aromatic heterocycles. The highest BCUT2D eigenvalue weighted by atomic mass is 32.1. The first-order valence-electron chi connectivity index (χ1n) is 47.4. The Kier molecular flexibility index (Phi) is 33.4. The van der Waals surface area contributed by atoms with Gasteiger partial charge in [0.2, 0.25) is 0 Å². The summed E-state index contributed by atoms with van der Waals surface area (Å²) >= 11 is 4.60. The molecule has 3 saturated carbocycles. The van der Waals surface area contributed by atoms with Gasteiger partial charge in [-0.05, 0) is 265 Å². The molecule has 0 radical (unpaired) electrons. The van der Waals surface area contributed by atoms with E-state index in [0.717, 1.165) is 144 Å². The lowest BCUT2D eigenvalue weighted by Crippen LogP contribution is -2.40. The number of aryl methyl sites for hydroxylation is 4. The van der Waals surface area contributed by atoms with Crippen molar-refractivity contribution in [2.75, 3.05) is 80.2 Å². The summed E-state index contributed by atoms with van der Waals surface area (Å²) < 4.78 is 28.1. The number of thiazole rings is 4. The molecular weight excluding hydrogens is 1820 g/mol. The number of rotatable bonds is 30. The lowest BCUT2D eigenvalue weighted by atomic mass is 10.1. The molecule has 4 saturated heterocycles. The number of hydrogen-bond donors (Lipinski definition) is 12. The Morgan fingerprint density at radius 2 is 0.772 bits per heavy atom. The summed E-state index contributed by atoms with van der Waals surface area (Å²) in [7, 11) is 0. The zero-order chi connectivity index (χ0) is 99.2. The van der Waals surface area contributed by atoms with Gasteiger partial charge in [0.15, 0.2) is 20.0 Å². The van der Waals surface area contributed by atoms with Crippen LogP contribution in [0, 0.1) is 38.5 Å². The first-order valence-corrected chi connectivity index (χ1v) is 50.7. The fourth-order valence-corrected chi connectivity index (χ4v) is 20.7. The number of aromatic nitrogens is 8. The number of hydrogen-bond acceptors (Lipinski definition) is 28.